The number of ether oxygens (including phenoxy) is 2. The molecule has 4 atom stereocenters. The minimum Gasteiger partial charge on any atom is -0.373 e. The van der Waals surface area contributed by atoms with E-state index in [1.54, 1.807) is 24.3 Å². The van der Waals surface area contributed by atoms with Crippen molar-refractivity contribution in [3.05, 3.63) is 35.9 Å². The number of amides is 1. The van der Waals surface area contributed by atoms with Crippen molar-refractivity contribution in [1.29, 1.82) is 0 Å². The number of nitrogens with two attached hydrogens (primary N) is 1. The molecule has 6 nitrogen and oxygen atoms in total. The third kappa shape index (κ3) is 3.20. The van der Waals surface area contributed by atoms with Gasteiger partial charge in [-0.3, -0.25) is 10.1 Å². The van der Waals surface area contributed by atoms with E-state index >= 15 is 0 Å². The highest BCUT2D eigenvalue weighted by atomic mass is 35.5. The maximum Gasteiger partial charge on any atom is 0.252 e. The molecule has 1 aromatic carbocycles. The zero-order valence-electron chi connectivity index (χ0n) is 12.0. The topological polar surface area (TPSA) is 85.6 Å². The van der Waals surface area contributed by atoms with E-state index in [1.807, 2.05) is 6.07 Å². The number of halogens is 1. The molecule has 1 saturated heterocycles. The van der Waals surface area contributed by atoms with E-state index in [0.29, 0.717) is 12.1 Å². The minimum atomic E-state index is -1.24. The van der Waals surface area contributed by atoms with E-state index in [4.69, 9.17) is 26.8 Å². The molecule has 0 bridgehead atoms. The van der Waals surface area contributed by atoms with Crippen molar-refractivity contribution in [3.63, 3.8) is 0 Å². The zero-order chi connectivity index (χ0) is 15.5. The molecule has 7 heteroatoms. The first kappa shape index (κ1) is 16.2. The molecule has 2 rings (SSSR count). The SMILES string of the molecule is COC1NCC(Cl)C(N)(NC(=O)c2ccccc2)C1OC. The molecule has 0 aliphatic carbocycles. The van der Waals surface area contributed by atoms with Gasteiger partial charge >= 0.3 is 0 Å². The second kappa shape index (κ2) is 6.72. The summed E-state index contributed by atoms with van der Waals surface area (Å²) in [5.74, 6) is -0.303. The van der Waals surface area contributed by atoms with E-state index in [-0.39, 0.29) is 5.91 Å². The van der Waals surface area contributed by atoms with Crippen LogP contribution in [0.4, 0.5) is 0 Å². The molecule has 116 valence electrons. The van der Waals surface area contributed by atoms with Crippen molar-refractivity contribution in [1.82, 2.24) is 10.6 Å². The van der Waals surface area contributed by atoms with Gasteiger partial charge in [0.2, 0.25) is 0 Å². The smallest absolute Gasteiger partial charge is 0.252 e. The van der Waals surface area contributed by atoms with Crippen LogP contribution in [0, 0.1) is 0 Å². The Bertz CT molecular complexity index is 488. The van der Waals surface area contributed by atoms with Crippen LogP contribution in [0.15, 0.2) is 30.3 Å². The molecule has 1 aliphatic rings. The predicted octanol–water partition coefficient (Wildman–Crippen LogP) is 0.270. The minimum absolute atomic E-state index is 0.303. The van der Waals surface area contributed by atoms with E-state index < -0.39 is 23.4 Å². The number of benzene rings is 1. The first-order chi connectivity index (χ1) is 10.0. The third-order valence-electron chi connectivity index (χ3n) is 3.64. The highest BCUT2D eigenvalue weighted by Crippen LogP contribution is 2.25. The average Bonchev–Trinajstić information content (AvgIpc) is 2.50. The fourth-order valence-corrected chi connectivity index (χ4v) is 2.73. The molecule has 4 unspecified atom stereocenters. The van der Waals surface area contributed by atoms with Crippen LogP contribution >= 0.6 is 11.6 Å². The number of methoxy groups -OCH3 is 2. The molecular formula is C14H20ClN3O3. The Morgan fingerprint density at radius 3 is 2.62 bits per heavy atom. The lowest BCUT2D eigenvalue weighted by Gasteiger charge is -2.47. The summed E-state index contributed by atoms with van der Waals surface area (Å²) in [5.41, 5.74) is 5.62. The molecule has 1 aliphatic heterocycles. The Morgan fingerprint density at radius 1 is 1.38 bits per heavy atom. The number of piperidine rings is 1. The fourth-order valence-electron chi connectivity index (χ4n) is 2.46. The molecule has 0 saturated carbocycles. The third-order valence-corrected chi connectivity index (χ3v) is 4.15. The maximum atomic E-state index is 12.4. The van der Waals surface area contributed by atoms with Crippen molar-refractivity contribution in [2.24, 2.45) is 5.73 Å². The lowest BCUT2D eigenvalue weighted by molar-refractivity contribution is -0.111. The summed E-state index contributed by atoms with van der Waals surface area (Å²) in [6, 6.07) is 8.81. The van der Waals surface area contributed by atoms with E-state index in [9.17, 15) is 4.79 Å². The molecule has 1 fully saturated rings. The van der Waals surface area contributed by atoms with Crippen molar-refractivity contribution in [2.75, 3.05) is 20.8 Å². The van der Waals surface area contributed by atoms with Crippen LogP contribution in [0.3, 0.4) is 0 Å². The number of hydrogen-bond donors (Lipinski definition) is 3. The van der Waals surface area contributed by atoms with Gasteiger partial charge in [-0.05, 0) is 12.1 Å². The van der Waals surface area contributed by atoms with Crippen LogP contribution in [0.25, 0.3) is 0 Å². The Labute approximate surface area is 128 Å². The second-order valence-electron chi connectivity index (χ2n) is 4.94. The van der Waals surface area contributed by atoms with Crippen molar-refractivity contribution in [3.8, 4) is 0 Å². The van der Waals surface area contributed by atoms with Gasteiger partial charge in [0.1, 0.15) is 18.0 Å². The number of nitrogens with one attached hydrogen (secondary N) is 2. The molecular weight excluding hydrogens is 294 g/mol. The normalized spacial score (nSPS) is 32.7. The van der Waals surface area contributed by atoms with E-state index in [2.05, 4.69) is 10.6 Å². The van der Waals surface area contributed by atoms with Gasteiger partial charge in [-0.15, -0.1) is 11.6 Å². The van der Waals surface area contributed by atoms with Gasteiger partial charge in [0.25, 0.3) is 5.91 Å². The quantitative estimate of drug-likeness (QED) is 0.549. The van der Waals surface area contributed by atoms with Crippen molar-refractivity contribution >= 4 is 17.5 Å². The summed E-state index contributed by atoms with van der Waals surface area (Å²) in [6.45, 7) is 0.394. The summed E-state index contributed by atoms with van der Waals surface area (Å²) in [4.78, 5) is 12.4. The molecule has 21 heavy (non-hydrogen) atoms. The average molecular weight is 314 g/mol. The fraction of sp³-hybridized carbons (Fsp3) is 0.500. The molecule has 0 aromatic heterocycles. The van der Waals surface area contributed by atoms with Gasteiger partial charge in [-0.1, -0.05) is 18.2 Å². The number of carbonyl (C=O) groups excluding carboxylic acids is 1. The van der Waals surface area contributed by atoms with Gasteiger partial charge in [-0.2, -0.15) is 0 Å². The zero-order valence-corrected chi connectivity index (χ0v) is 12.8. The summed E-state index contributed by atoms with van der Waals surface area (Å²) in [7, 11) is 3.04. The van der Waals surface area contributed by atoms with E-state index in [0.717, 1.165) is 0 Å². The molecule has 0 spiro atoms. The number of carbonyl (C=O) groups is 1. The molecule has 1 amide bonds. The summed E-state index contributed by atoms with van der Waals surface area (Å²) in [6.07, 6.45) is -1.07. The monoisotopic (exact) mass is 313 g/mol. The first-order valence-electron chi connectivity index (χ1n) is 6.62. The Kier molecular flexibility index (Phi) is 5.18. The van der Waals surface area contributed by atoms with Crippen LogP contribution in [-0.4, -0.2) is 50.0 Å². The van der Waals surface area contributed by atoms with Gasteiger partial charge in [0.05, 0.1) is 5.38 Å². The van der Waals surface area contributed by atoms with Crippen LogP contribution in [0.2, 0.25) is 0 Å². The van der Waals surface area contributed by atoms with Gasteiger partial charge in [0, 0.05) is 26.3 Å². The first-order valence-corrected chi connectivity index (χ1v) is 7.06. The maximum absolute atomic E-state index is 12.4. The highest BCUT2D eigenvalue weighted by molar-refractivity contribution is 6.22. The van der Waals surface area contributed by atoms with Crippen molar-refractivity contribution in [2.45, 2.75) is 23.4 Å². The number of hydrogen-bond acceptors (Lipinski definition) is 5. The predicted molar refractivity (Wildman–Crippen MR) is 80.1 cm³/mol. The number of rotatable bonds is 4. The number of alkyl halides is 1. The Morgan fingerprint density at radius 2 is 2.05 bits per heavy atom. The van der Waals surface area contributed by atoms with Gasteiger partial charge in [-0.25, -0.2) is 0 Å². The molecule has 1 aromatic rings. The second-order valence-corrected chi connectivity index (χ2v) is 5.47. The lowest BCUT2D eigenvalue weighted by Crippen LogP contribution is -2.78. The molecule has 0 radical (unpaired) electrons. The Hall–Kier alpha value is -1.18. The van der Waals surface area contributed by atoms with Crippen LogP contribution < -0.4 is 16.4 Å². The van der Waals surface area contributed by atoms with Crippen LogP contribution in [0.1, 0.15) is 10.4 Å². The lowest BCUT2D eigenvalue weighted by atomic mass is 9.93. The summed E-state index contributed by atoms with van der Waals surface area (Å²) < 4.78 is 10.7. The van der Waals surface area contributed by atoms with Crippen LogP contribution in [-0.2, 0) is 9.47 Å². The highest BCUT2D eigenvalue weighted by Gasteiger charge is 2.50. The van der Waals surface area contributed by atoms with Gasteiger partial charge < -0.3 is 20.5 Å². The molecule has 1 heterocycles. The standard InChI is InChI=1S/C14H20ClN3O3/c1-20-11-13(21-2)17-8-10(15)14(11,16)18-12(19)9-6-4-3-5-7-9/h3-7,10-11,13,17H,8,16H2,1-2H3,(H,18,19). The van der Waals surface area contributed by atoms with Crippen LogP contribution in [0.5, 0.6) is 0 Å². The van der Waals surface area contributed by atoms with Crippen molar-refractivity contribution < 1.29 is 14.3 Å². The van der Waals surface area contributed by atoms with Gasteiger partial charge in [0.15, 0.2) is 0 Å². The van der Waals surface area contributed by atoms with E-state index in [1.165, 1.54) is 14.2 Å². The Balaban J connectivity index is 2.23. The molecule has 4 N–H and O–H groups in total. The largest absolute Gasteiger partial charge is 0.373 e. The summed E-state index contributed by atoms with van der Waals surface area (Å²) in [5, 5.41) is 5.33. The summed E-state index contributed by atoms with van der Waals surface area (Å²) >= 11 is 6.31.